The zero-order chi connectivity index (χ0) is 28.3. The number of amides is 2. The molecule has 0 aromatic heterocycles. The minimum absolute atomic E-state index is 0.0693. The lowest BCUT2D eigenvalue weighted by Gasteiger charge is -2.28. The van der Waals surface area contributed by atoms with Crippen LogP contribution < -0.4 is 4.90 Å². The normalized spacial score (nSPS) is 17.5. The Kier molecular flexibility index (Phi) is 8.43. The highest BCUT2D eigenvalue weighted by molar-refractivity contribution is 7.89. The molecule has 1 aliphatic heterocycles. The molecule has 11 heteroatoms. The van der Waals surface area contributed by atoms with E-state index in [2.05, 4.69) is 12.6 Å². The van der Waals surface area contributed by atoms with Gasteiger partial charge in [-0.1, -0.05) is 42.5 Å². The van der Waals surface area contributed by atoms with Gasteiger partial charge in [0.15, 0.2) is 0 Å². The predicted octanol–water partition coefficient (Wildman–Crippen LogP) is 3.23. The number of hydrogen-bond acceptors (Lipinski definition) is 6. The standard InChI is InChI=1S/C28H29N3O6S2/c1-29(18-26(32)30(2)22-12-8-21(9-13-22)28(34)35)27(33)25-16-23(38)17-31(25)39(36,37)24-14-10-20(11-15-24)19-6-4-3-5-7-19/h3-15,23,25,38H,16-18H2,1-2H3,(H,34,35). The summed E-state index contributed by atoms with van der Waals surface area (Å²) in [5.74, 6) is -1.99. The van der Waals surface area contributed by atoms with Crippen molar-refractivity contribution in [3.63, 3.8) is 0 Å². The van der Waals surface area contributed by atoms with Gasteiger partial charge in [-0.15, -0.1) is 0 Å². The van der Waals surface area contributed by atoms with Crippen LogP contribution in [-0.4, -0.2) is 79.0 Å². The maximum atomic E-state index is 13.6. The molecule has 4 rings (SSSR count). The highest BCUT2D eigenvalue weighted by Gasteiger charge is 2.44. The summed E-state index contributed by atoms with van der Waals surface area (Å²) in [5, 5.41) is 8.72. The number of hydrogen-bond donors (Lipinski definition) is 2. The number of carboxylic acids is 1. The topological polar surface area (TPSA) is 115 Å². The molecule has 9 nitrogen and oxygen atoms in total. The van der Waals surface area contributed by atoms with Gasteiger partial charge in [-0.3, -0.25) is 9.59 Å². The summed E-state index contributed by atoms with van der Waals surface area (Å²) in [6.07, 6.45) is 0.217. The molecule has 0 bridgehead atoms. The van der Waals surface area contributed by atoms with Gasteiger partial charge >= 0.3 is 5.97 Å². The number of anilines is 1. The van der Waals surface area contributed by atoms with Crippen LogP contribution >= 0.6 is 12.6 Å². The molecule has 2 unspecified atom stereocenters. The average Bonchev–Trinajstić information content (AvgIpc) is 3.35. The first-order chi connectivity index (χ1) is 18.5. The molecule has 1 fully saturated rings. The summed E-state index contributed by atoms with van der Waals surface area (Å²) in [7, 11) is -1.03. The van der Waals surface area contributed by atoms with Crippen LogP contribution in [0.5, 0.6) is 0 Å². The monoisotopic (exact) mass is 567 g/mol. The van der Waals surface area contributed by atoms with Crippen molar-refractivity contribution in [2.24, 2.45) is 0 Å². The molecule has 1 aliphatic rings. The molecule has 0 saturated carbocycles. The van der Waals surface area contributed by atoms with Gasteiger partial charge in [0.1, 0.15) is 6.04 Å². The van der Waals surface area contributed by atoms with E-state index in [9.17, 15) is 22.8 Å². The fraction of sp³-hybridized carbons (Fsp3) is 0.250. The quantitative estimate of drug-likeness (QED) is 0.404. The third-order valence-electron chi connectivity index (χ3n) is 6.71. The van der Waals surface area contributed by atoms with Crippen molar-refractivity contribution in [2.75, 3.05) is 32.1 Å². The van der Waals surface area contributed by atoms with E-state index in [-0.39, 0.29) is 35.2 Å². The lowest BCUT2D eigenvalue weighted by Crippen LogP contribution is -2.49. The Morgan fingerprint density at radius 3 is 2.10 bits per heavy atom. The Morgan fingerprint density at radius 2 is 1.51 bits per heavy atom. The number of likely N-dealkylation sites (N-methyl/N-ethyl adjacent to an activating group) is 2. The molecule has 1 saturated heterocycles. The minimum Gasteiger partial charge on any atom is -0.478 e. The van der Waals surface area contributed by atoms with Crippen molar-refractivity contribution in [2.45, 2.75) is 22.6 Å². The van der Waals surface area contributed by atoms with Crippen LogP contribution in [0.1, 0.15) is 16.8 Å². The molecule has 3 aromatic carbocycles. The molecule has 2 atom stereocenters. The van der Waals surface area contributed by atoms with Gasteiger partial charge in [0.2, 0.25) is 21.8 Å². The second-order valence-corrected chi connectivity index (χ2v) is 12.0. The average molecular weight is 568 g/mol. The number of thiol groups is 1. The van der Waals surface area contributed by atoms with E-state index in [0.717, 1.165) is 11.1 Å². The largest absolute Gasteiger partial charge is 0.478 e. The van der Waals surface area contributed by atoms with Crippen molar-refractivity contribution in [3.8, 4) is 11.1 Å². The first-order valence-corrected chi connectivity index (χ1v) is 14.1. The number of carboxylic acid groups (broad SMARTS) is 1. The highest BCUT2D eigenvalue weighted by atomic mass is 32.2. The molecule has 0 spiro atoms. The number of nitrogens with zero attached hydrogens (tertiary/aromatic N) is 3. The summed E-state index contributed by atoms with van der Waals surface area (Å²) in [5.41, 5.74) is 2.38. The number of carbonyl (C=O) groups is 3. The van der Waals surface area contributed by atoms with Crippen LogP contribution in [0.25, 0.3) is 11.1 Å². The van der Waals surface area contributed by atoms with Gasteiger partial charge in [-0.05, 0) is 53.9 Å². The zero-order valence-electron chi connectivity index (χ0n) is 21.5. The Labute approximate surface area is 233 Å². The molecule has 204 valence electrons. The van der Waals surface area contributed by atoms with E-state index in [1.807, 2.05) is 30.3 Å². The SMILES string of the molecule is CN(CC(=O)N(C)c1ccc(C(=O)O)cc1)C(=O)C1CC(S)CN1S(=O)(=O)c1ccc(-c2ccccc2)cc1. The smallest absolute Gasteiger partial charge is 0.335 e. The second kappa shape index (κ2) is 11.6. The second-order valence-electron chi connectivity index (χ2n) is 9.37. The van der Waals surface area contributed by atoms with E-state index in [0.29, 0.717) is 5.69 Å². The Bertz CT molecular complexity index is 1460. The number of benzene rings is 3. The van der Waals surface area contributed by atoms with Crippen LogP contribution in [0.4, 0.5) is 5.69 Å². The molecule has 0 radical (unpaired) electrons. The third kappa shape index (κ3) is 6.16. The first-order valence-electron chi connectivity index (χ1n) is 12.2. The molecule has 1 heterocycles. The van der Waals surface area contributed by atoms with Crippen molar-refractivity contribution < 1.29 is 27.9 Å². The van der Waals surface area contributed by atoms with E-state index in [1.165, 1.54) is 64.6 Å². The van der Waals surface area contributed by atoms with Gasteiger partial charge in [0, 0.05) is 31.6 Å². The van der Waals surface area contributed by atoms with Crippen molar-refractivity contribution in [1.29, 1.82) is 0 Å². The van der Waals surface area contributed by atoms with Crippen molar-refractivity contribution in [3.05, 3.63) is 84.4 Å². The maximum Gasteiger partial charge on any atom is 0.335 e. The minimum atomic E-state index is -4.00. The fourth-order valence-electron chi connectivity index (χ4n) is 4.47. The van der Waals surface area contributed by atoms with Gasteiger partial charge in [-0.2, -0.15) is 16.9 Å². The molecule has 0 aliphatic carbocycles. The molecule has 3 aromatic rings. The fourth-order valence-corrected chi connectivity index (χ4v) is 6.60. The molecular formula is C28H29N3O6S2. The van der Waals surface area contributed by atoms with E-state index in [1.54, 1.807) is 12.1 Å². The predicted molar refractivity (Wildman–Crippen MR) is 151 cm³/mol. The molecule has 1 N–H and O–H groups in total. The van der Waals surface area contributed by atoms with E-state index in [4.69, 9.17) is 5.11 Å². The van der Waals surface area contributed by atoms with Crippen molar-refractivity contribution >= 4 is 46.1 Å². The van der Waals surface area contributed by atoms with Crippen LogP contribution in [0.15, 0.2) is 83.8 Å². The van der Waals surface area contributed by atoms with Gasteiger partial charge < -0.3 is 14.9 Å². The lowest BCUT2D eigenvalue weighted by atomic mass is 10.1. The Balaban J connectivity index is 1.47. The summed E-state index contributed by atoms with van der Waals surface area (Å²) in [6.45, 7) is -0.219. The summed E-state index contributed by atoms with van der Waals surface area (Å²) in [4.78, 5) is 39.9. The van der Waals surface area contributed by atoms with Gasteiger partial charge in [-0.25, -0.2) is 13.2 Å². The van der Waals surface area contributed by atoms with Gasteiger partial charge in [0.05, 0.1) is 17.0 Å². The Hall–Kier alpha value is -3.67. The van der Waals surface area contributed by atoms with Gasteiger partial charge in [0.25, 0.3) is 0 Å². The molecule has 39 heavy (non-hydrogen) atoms. The van der Waals surface area contributed by atoms with Crippen LogP contribution in [0, 0.1) is 0 Å². The maximum absolute atomic E-state index is 13.6. The number of rotatable bonds is 8. The van der Waals surface area contributed by atoms with Crippen LogP contribution in [0.2, 0.25) is 0 Å². The third-order valence-corrected chi connectivity index (χ3v) is 8.97. The molecular weight excluding hydrogens is 538 g/mol. The molecule has 2 amide bonds. The summed E-state index contributed by atoms with van der Waals surface area (Å²) < 4.78 is 28.3. The number of sulfonamides is 1. The number of carbonyl (C=O) groups excluding carboxylic acids is 2. The van der Waals surface area contributed by atoms with Crippen LogP contribution in [0.3, 0.4) is 0 Å². The Morgan fingerprint density at radius 1 is 0.923 bits per heavy atom. The van der Waals surface area contributed by atoms with E-state index < -0.39 is 33.8 Å². The number of aromatic carboxylic acids is 1. The zero-order valence-corrected chi connectivity index (χ0v) is 23.2. The first kappa shape index (κ1) is 28.3. The summed E-state index contributed by atoms with van der Waals surface area (Å²) >= 11 is 4.46. The lowest BCUT2D eigenvalue weighted by molar-refractivity contribution is -0.136. The highest BCUT2D eigenvalue weighted by Crippen LogP contribution is 2.31. The summed E-state index contributed by atoms with van der Waals surface area (Å²) in [6, 6.07) is 20.9. The van der Waals surface area contributed by atoms with Crippen molar-refractivity contribution in [1.82, 2.24) is 9.21 Å². The van der Waals surface area contributed by atoms with Crippen LogP contribution in [-0.2, 0) is 19.6 Å². The van der Waals surface area contributed by atoms with E-state index >= 15 is 0 Å².